The predicted molar refractivity (Wildman–Crippen MR) is 173 cm³/mol. The van der Waals surface area contributed by atoms with Gasteiger partial charge in [-0.05, 0) is 62.8 Å². The lowest BCUT2D eigenvalue weighted by Gasteiger charge is -2.38. The van der Waals surface area contributed by atoms with E-state index in [9.17, 15) is 37.1 Å². The molecule has 1 fully saturated rings. The van der Waals surface area contributed by atoms with Crippen molar-refractivity contribution in [2.75, 3.05) is 19.6 Å². The molecule has 0 radical (unpaired) electrons. The quantitative estimate of drug-likeness (QED) is 0.0885. The Balaban J connectivity index is 1.73. The van der Waals surface area contributed by atoms with Gasteiger partial charge in [-0.3, -0.25) is 14.4 Å². The van der Waals surface area contributed by atoms with Crippen LogP contribution in [-0.2, 0) is 35.1 Å². The van der Waals surface area contributed by atoms with Crippen LogP contribution in [0.15, 0.2) is 60.7 Å². The monoisotopic (exact) mass is 686 g/mol. The SMILES string of the molecule is NCCCC[C@@H](NC(=O)[C@@H](CC#Cc1ccccc1)NC(=O)[C@H](N)Cc1ccccc1)C(=O)N1CCC(N)(C(=O)OC(=O)C(F)(F)F)CC1. The summed E-state index contributed by atoms with van der Waals surface area (Å²) in [5.74, 6) is -0.191. The summed E-state index contributed by atoms with van der Waals surface area (Å²) < 4.78 is 41.7. The van der Waals surface area contributed by atoms with Gasteiger partial charge in [0.2, 0.25) is 17.7 Å². The van der Waals surface area contributed by atoms with E-state index in [2.05, 4.69) is 27.2 Å². The van der Waals surface area contributed by atoms with E-state index in [-0.39, 0.29) is 45.2 Å². The molecule has 0 aromatic heterocycles. The van der Waals surface area contributed by atoms with Crippen LogP contribution in [0.5, 0.6) is 0 Å². The Morgan fingerprint density at radius 3 is 2.08 bits per heavy atom. The van der Waals surface area contributed by atoms with Crippen molar-refractivity contribution in [1.82, 2.24) is 15.5 Å². The van der Waals surface area contributed by atoms with E-state index >= 15 is 0 Å². The molecule has 0 unspecified atom stereocenters. The van der Waals surface area contributed by atoms with E-state index in [1.54, 1.807) is 24.3 Å². The maximum atomic E-state index is 13.7. The topological polar surface area (TPSA) is 200 Å². The largest absolute Gasteiger partial charge is 0.491 e. The summed E-state index contributed by atoms with van der Waals surface area (Å²) >= 11 is 0. The molecule has 1 aliphatic heterocycles. The summed E-state index contributed by atoms with van der Waals surface area (Å²) in [6.07, 6.45) is -4.67. The fraction of sp³-hybridized carbons (Fsp3) is 0.441. The van der Waals surface area contributed by atoms with Gasteiger partial charge in [-0.25, -0.2) is 9.59 Å². The lowest BCUT2D eigenvalue weighted by Crippen LogP contribution is -2.61. The van der Waals surface area contributed by atoms with Gasteiger partial charge in [0, 0.05) is 25.1 Å². The smallest absolute Gasteiger partial charge is 0.385 e. The van der Waals surface area contributed by atoms with Gasteiger partial charge >= 0.3 is 18.1 Å². The van der Waals surface area contributed by atoms with E-state index < -0.39 is 59.5 Å². The van der Waals surface area contributed by atoms with Crippen LogP contribution in [0.2, 0.25) is 0 Å². The molecule has 8 N–H and O–H groups in total. The molecule has 2 aromatic carbocycles. The number of hydrogen-bond donors (Lipinski definition) is 5. The number of likely N-dealkylation sites (tertiary alicyclic amines) is 1. The first kappa shape index (κ1) is 38.7. The third-order valence-corrected chi connectivity index (χ3v) is 7.93. The summed E-state index contributed by atoms with van der Waals surface area (Å²) in [6, 6.07) is 14.8. The molecule has 0 spiro atoms. The average molecular weight is 687 g/mol. The van der Waals surface area contributed by atoms with E-state index in [4.69, 9.17) is 17.2 Å². The maximum absolute atomic E-state index is 13.7. The average Bonchev–Trinajstić information content (AvgIpc) is 3.07. The zero-order valence-corrected chi connectivity index (χ0v) is 26.8. The van der Waals surface area contributed by atoms with E-state index in [1.165, 1.54) is 4.90 Å². The van der Waals surface area contributed by atoms with Gasteiger partial charge in [-0.15, -0.1) is 0 Å². The lowest BCUT2D eigenvalue weighted by molar-refractivity contribution is -0.204. The minimum Gasteiger partial charge on any atom is -0.385 e. The first-order chi connectivity index (χ1) is 23.2. The number of esters is 2. The molecular weight excluding hydrogens is 645 g/mol. The predicted octanol–water partition coefficient (Wildman–Crippen LogP) is 1.05. The molecule has 0 aliphatic carbocycles. The molecule has 1 heterocycles. The van der Waals surface area contributed by atoms with Crippen molar-refractivity contribution in [3.63, 3.8) is 0 Å². The second-order valence-electron chi connectivity index (χ2n) is 11.7. The van der Waals surface area contributed by atoms with Crippen molar-refractivity contribution in [1.29, 1.82) is 0 Å². The Kier molecular flexibility index (Phi) is 14.3. The van der Waals surface area contributed by atoms with Crippen molar-refractivity contribution in [3.05, 3.63) is 71.8 Å². The van der Waals surface area contributed by atoms with Crippen LogP contribution in [0.1, 0.15) is 49.7 Å². The normalized spacial score (nSPS) is 15.8. The van der Waals surface area contributed by atoms with Gasteiger partial charge in [0.15, 0.2) is 0 Å². The first-order valence-electron chi connectivity index (χ1n) is 15.8. The van der Waals surface area contributed by atoms with Crippen molar-refractivity contribution in [2.45, 2.75) is 74.8 Å². The molecule has 1 aliphatic rings. The summed E-state index contributed by atoms with van der Waals surface area (Å²) in [5.41, 5.74) is 17.4. The lowest BCUT2D eigenvalue weighted by atomic mass is 9.88. The Morgan fingerprint density at radius 1 is 0.898 bits per heavy atom. The molecule has 1 saturated heterocycles. The number of piperidine rings is 1. The van der Waals surface area contributed by atoms with Crippen molar-refractivity contribution in [2.24, 2.45) is 17.2 Å². The molecule has 2 aromatic rings. The number of carbonyl (C=O) groups is 5. The number of nitrogens with one attached hydrogen (secondary N) is 2. The molecule has 15 heteroatoms. The van der Waals surface area contributed by atoms with Gasteiger partial charge in [0.05, 0.1) is 6.04 Å². The summed E-state index contributed by atoms with van der Waals surface area (Å²) in [5, 5.41) is 5.38. The van der Waals surface area contributed by atoms with Crippen LogP contribution in [-0.4, -0.2) is 84.0 Å². The van der Waals surface area contributed by atoms with Crippen molar-refractivity contribution in [3.8, 4) is 11.8 Å². The van der Waals surface area contributed by atoms with Crippen molar-refractivity contribution < 1.29 is 41.9 Å². The Hall–Kier alpha value is -4.78. The van der Waals surface area contributed by atoms with Gasteiger partial charge in [0.25, 0.3) is 0 Å². The number of carbonyl (C=O) groups excluding carboxylic acids is 5. The van der Waals surface area contributed by atoms with E-state index in [0.717, 1.165) is 5.56 Å². The molecule has 3 amide bonds. The summed E-state index contributed by atoms with van der Waals surface area (Å²) in [4.78, 5) is 65.2. The van der Waals surface area contributed by atoms with Crippen LogP contribution >= 0.6 is 0 Å². The number of benzene rings is 2. The fourth-order valence-corrected chi connectivity index (χ4v) is 5.04. The maximum Gasteiger partial charge on any atom is 0.491 e. The highest BCUT2D eigenvalue weighted by atomic mass is 19.4. The Bertz CT molecular complexity index is 1500. The van der Waals surface area contributed by atoms with Crippen LogP contribution in [0.25, 0.3) is 0 Å². The minimum atomic E-state index is -5.38. The minimum absolute atomic E-state index is 0.105. The molecule has 12 nitrogen and oxygen atoms in total. The van der Waals surface area contributed by atoms with Gasteiger partial charge in [-0.2, -0.15) is 13.2 Å². The van der Waals surface area contributed by atoms with E-state index in [1.807, 2.05) is 36.4 Å². The number of hydrogen-bond acceptors (Lipinski definition) is 9. The number of halogens is 3. The highest BCUT2D eigenvalue weighted by molar-refractivity contribution is 5.94. The van der Waals surface area contributed by atoms with E-state index in [0.29, 0.717) is 24.9 Å². The third-order valence-electron chi connectivity index (χ3n) is 7.93. The van der Waals surface area contributed by atoms with Crippen LogP contribution in [0, 0.1) is 11.8 Å². The van der Waals surface area contributed by atoms with Crippen molar-refractivity contribution >= 4 is 29.7 Å². The summed E-state index contributed by atoms with van der Waals surface area (Å²) in [7, 11) is 0. The fourth-order valence-electron chi connectivity index (χ4n) is 5.04. The van der Waals surface area contributed by atoms with Crippen LogP contribution in [0.3, 0.4) is 0 Å². The zero-order chi connectivity index (χ0) is 36.0. The van der Waals surface area contributed by atoms with Gasteiger partial charge in [0.1, 0.15) is 17.6 Å². The number of amides is 3. The molecule has 49 heavy (non-hydrogen) atoms. The first-order valence-corrected chi connectivity index (χ1v) is 15.8. The number of alkyl halides is 3. The van der Waals surface area contributed by atoms with Gasteiger partial charge in [-0.1, -0.05) is 60.4 Å². The molecule has 264 valence electrons. The molecule has 3 atom stereocenters. The number of nitrogens with two attached hydrogens (primary N) is 3. The zero-order valence-electron chi connectivity index (χ0n) is 26.8. The standard InChI is InChI=1S/C34H41F3N6O6/c35-34(36,37)32(48)49-31(47)33(40)17-20-43(21-18-33)30(46)27(15-7-8-19-38)42-29(45)26(16-9-14-23-10-3-1-4-11-23)41-28(44)25(39)22-24-12-5-2-6-13-24/h1-6,10-13,25-27H,7-8,15-22,38-40H2,(H,41,44)(H,42,45)/t25-,26-,27-/m1/s1. The second-order valence-corrected chi connectivity index (χ2v) is 11.7. The summed E-state index contributed by atoms with van der Waals surface area (Å²) in [6.45, 7) is 0.00992. The number of rotatable bonds is 13. The second kappa shape index (κ2) is 18.1. The molecule has 0 saturated carbocycles. The molecule has 0 bridgehead atoms. The Morgan fingerprint density at radius 2 is 1.49 bits per heavy atom. The highest BCUT2D eigenvalue weighted by Gasteiger charge is 2.47. The number of unbranched alkanes of at least 4 members (excludes halogenated alkanes) is 1. The van der Waals surface area contributed by atoms with Gasteiger partial charge < -0.3 is 37.5 Å². The molecule has 3 rings (SSSR count). The molecular formula is C34H41F3N6O6. The Labute approximate surface area is 282 Å². The van der Waals surface area contributed by atoms with Crippen LogP contribution < -0.4 is 27.8 Å². The highest BCUT2D eigenvalue weighted by Crippen LogP contribution is 2.25. The number of nitrogens with zero attached hydrogens (tertiary/aromatic N) is 1. The number of ether oxygens (including phenoxy) is 1. The third kappa shape index (κ3) is 12.0. The van der Waals surface area contributed by atoms with Crippen LogP contribution in [0.4, 0.5) is 13.2 Å².